The summed E-state index contributed by atoms with van der Waals surface area (Å²) in [6.45, 7) is 6.94. The van der Waals surface area contributed by atoms with E-state index in [-0.39, 0.29) is 0 Å². The predicted octanol–water partition coefficient (Wildman–Crippen LogP) is 4.25. The van der Waals surface area contributed by atoms with Gasteiger partial charge in [-0.1, -0.05) is 46.5 Å². The highest BCUT2D eigenvalue weighted by atomic mass is 14.2. The molecular formula is C13H24. The molecule has 0 aromatic rings. The third kappa shape index (κ3) is 6.70. The average Bonchev–Trinajstić information content (AvgIpc) is 2.10. The molecule has 0 rings (SSSR count). The monoisotopic (exact) mass is 180 g/mol. The summed E-state index contributed by atoms with van der Waals surface area (Å²) in [5.41, 5.74) is 0. The zero-order valence-electron chi connectivity index (χ0n) is 9.47. The molecule has 0 aliphatic rings. The molecule has 0 aliphatic heterocycles. The van der Waals surface area contributed by atoms with E-state index in [1.807, 2.05) is 0 Å². The summed E-state index contributed by atoms with van der Waals surface area (Å²) >= 11 is 0. The molecule has 1 atom stereocenters. The molecule has 0 saturated heterocycles. The number of rotatable bonds is 7. The van der Waals surface area contributed by atoms with Crippen molar-refractivity contribution in [3.05, 3.63) is 0 Å². The van der Waals surface area contributed by atoms with Crippen molar-refractivity contribution in [2.45, 2.75) is 59.3 Å². The Balaban J connectivity index is 3.52. The molecule has 0 heteroatoms. The largest absolute Gasteiger partial charge is 0.120 e. The Bertz CT molecular complexity index is 139. The summed E-state index contributed by atoms with van der Waals surface area (Å²) in [6, 6.07) is 0. The molecule has 0 nitrogen and oxygen atoms in total. The van der Waals surface area contributed by atoms with Gasteiger partial charge in [-0.25, -0.2) is 0 Å². The van der Waals surface area contributed by atoms with E-state index in [0.29, 0.717) is 0 Å². The van der Waals surface area contributed by atoms with Gasteiger partial charge in [-0.15, -0.1) is 12.3 Å². The van der Waals surface area contributed by atoms with Crippen molar-refractivity contribution in [3.63, 3.8) is 0 Å². The standard InChI is InChI=1S/C13H24/c1-5-7-8-9-11-13(10-6-2)12(3)4/h1,12-13H,6-11H2,2-4H3. The fourth-order valence-corrected chi connectivity index (χ4v) is 1.82. The van der Waals surface area contributed by atoms with Gasteiger partial charge < -0.3 is 0 Å². The summed E-state index contributed by atoms with van der Waals surface area (Å²) < 4.78 is 0. The Morgan fingerprint density at radius 3 is 2.31 bits per heavy atom. The molecule has 0 aromatic carbocycles. The SMILES string of the molecule is C#CCCCCC(CCC)C(C)C. The fraction of sp³-hybridized carbons (Fsp3) is 0.846. The molecule has 0 fully saturated rings. The van der Waals surface area contributed by atoms with Gasteiger partial charge in [0.1, 0.15) is 0 Å². The Kier molecular flexibility index (Phi) is 7.90. The number of unbranched alkanes of at least 4 members (excludes halogenated alkanes) is 2. The van der Waals surface area contributed by atoms with Gasteiger partial charge in [-0.05, 0) is 18.3 Å². The second-order valence-electron chi connectivity index (χ2n) is 4.24. The normalized spacial score (nSPS) is 12.8. The van der Waals surface area contributed by atoms with Crippen LogP contribution in [0.4, 0.5) is 0 Å². The lowest BCUT2D eigenvalue weighted by molar-refractivity contribution is 0.324. The van der Waals surface area contributed by atoms with Gasteiger partial charge in [0.05, 0.1) is 0 Å². The van der Waals surface area contributed by atoms with Crippen molar-refractivity contribution in [3.8, 4) is 12.3 Å². The van der Waals surface area contributed by atoms with Gasteiger partial charge in [0.25, 0.3) is 0 Å². The number of terminal acetylenes is 1. The van der Waals surface area contributed by atoms with Crippen LogP contribution >= 0.6 is 0 Å². The summed E-state index contributed by atoms with van der Waals surface area (Å²) in [6.07, 6.45) is 12.8. The van der Waals surface area contributed by atoms with E-state index in [1.54, 1.807) is 0 Å². The van der Waals surface area contributed by atoms with Gasteiger partial charge in [0.15, 0.2) is 0 Å². The van der Waals surface area contributed by atoms with Crippen LogP contribution in [0.15, 0.2) is 0 Å². The van der Waals surface area contributed by atoms with Crippen LogP contribution in [0, 0.1) is 24.2 Å². The average molecular weight is 180 g/mol. The van der Waals surface area contributed by atoms with Crippen LogP contribution in [-0.2, 0) is 0 Å². The minimum absolute atomic E-state index is 0.839. The predicted molar refractivity (Wildman–Crippen MR) is 60.5 cm³/mol. The third-order valence-electron chi connectivity index (χ3n) is 2.75. The van der Waals surface area contributed by atoms with E-state index in [2.05, 4.69) is 26.7 Å². The highest BCUT2D eigenvalue weighted by molar-refractivity contribution is 4.82. The van der Waals surface area contributed by atoms with E-state index < -0.39 is 0 Å². The molecule has 0 radical (unpaired) electrons. The molecule has 0 aromatic heterocycles. The van der Waals surface area contributed by atoms with Crippen molar-refractivity contribution in [1.82, 2.24) is 0 Å². The van der Waals surface area contributed by atoms with E-state index in [9.17, 15) is 0 Å². The maximum absolute atomic E-state index is 5.21. The summed E-state index contributed by atoms with van der Waals surface area (Å²) in [5.74, 6) is 4.46. The maximum Gasteiger partial charge on any atom is 0.00860 e. The minimum Gasteiger partial charge on any atom is -0.120 e. The molecule has 0 saturated carbocycles. The van der Waals surface area contributed by atoms with Gasteiger partial charge in [-0.3, -0.25) is 0 Å². The lowest BCUT2D eigenvalue weighted by atomic mass is 9.87. The van der Waals surface area contributed by atoms with Crippen LogP contribution in [0.2, 0.25) is 0 Å². The second kappa shape index (κ2) is 8.17. The van der Waals surface area contributed by atoms with Crippen molar-refractivity contribution >= 4 is 0 Å². The lowest BCUT2D eigenvalue weighted by Crippen LogP contribution is -2.08. The van der Waals surface area contributed by atoms with Crippen LogP contribution < -0.4 is 0 Å². The van der Waals surface area contributed by atoms with Gasteiger partial charge in [0.2, 0.25) is 0 Å². The molecule has 13 heavy (non-hydrogen) atoms. The molecule has 76 valence electrons. The molecule has 0 aliphatic carbocycles. The molecular weight excluding hydrogens is 156 g/mol. The van der Waals surface area contributed by atoms with Gasteiger partial charge in [0, 0.05) is 6.42 Å². The zero-order chi connectivity index (χ0) is 10.1. The van der Waals surface area contributed by atoms with E-state index in [0.717, 1.165) is 18.3 Å². The summed E-state index contributed by atoms with van der Waals surface area (Å²) in [5, 5.41) is 0. The molecule has 0 N–H and O–H groups in total. The summed E-state index contributed by atoms with van der Waals surface area (Å²) in [7, 11) is 0. The fourth-order valence-electron chi connectivity index (χ4n) is 1.82. The maximum atomic E-state index is 5.21. The Hall–Kier alpha value is -0.440. The zero-order valence-corrected chi connectivity index (χ0v) is 9.47. The van der Waals surface area contributed by atoms with E-state index in [1.165, 1.54) is 32.1 Å². The Labute approximate surface area is 84.1 Å². The second-order valence-corrected chi connectivity index (χ2v) is 4.24. The van der Waals surface area contributed by atoms with Crippen LogP contribution in [0.5, 0.6) is 0 Å². The summed E-state index contributed by atoms with van der Waals surface area (Å²) in [4.78, 5) is 0. The first-order chi connectivity index (χ1) is 6.22. The number of hydrogen-bond acceptors (Lipinski definition) is 0. The molecule has 0 bridgehead atoms. The van der Waals surface area contributed by atoms with Crippen molar-refractivity contribution < 1.29 is 0 Å². The van der Waals surface area contributed by atoms with Crippen LogP contribution in [0.25, 0.3) is 0 Å². The van der Waals surface area contributed by atoms with Gasteiger partial charge >= 0.3 is 0 Å². The van der Waals surface area contributed by atoms with Crippen molar-refractivity contribution in [2.24, 2.45) is 11.8 Å². The molecule has 0 spiro atoms. The first-order valence-electron chi connectivity index (χ1n) is 5.65. The van der Waals surface area contributed by atoms with Crippen molar-refractivity contribution in [1.29, 1.82) is 0 Å². The third-order valence-corrected chi connectivity index (χ3v) is 2.75. The highest BCUT2D eigenvalue weighted by Crippen LogP contribution is 2.23. The Morgan fingerprint density at radius 1 is 1.15 bits per heavy atom. The Morgan fingerprint density at radius 2 is 1.85 bits per heavy atom. The first kappa shape index (κ1) is 12.6. The minimum atomic E-state index is 0.839. The molecule has 0 amide bonds. The van der Waals surface area contributed by atoms with Crippen LogP contribution in [0.1, 0.15) is 59.3 Å². The van der Waals surface area contributed by atoms with Crippen LogP contribution in [0.3, 0.4) is 0 Å². The van der Waals surface area contributed by atoms with E-state index >= 15 is 0 Å². The lowest BCUT2D eigenvalue weighted by Gasteiger charge is -2.19. The van der Waals surface area contributed by atoms with Gasteiger partial charge in [-0.2, -0.15) is 0 Å². The van der Waals surface area contributed by atoms with Crippen LogP contribution in [-0.4, -0.2) is 0 Å². The molecule has 1 unspecified atom stereocenters. The first-order valence-corrected chi connectivity index (χ1v) is 5.65. The topological polar surface area (TPSA) is 0 Å². The van der Waals surface area contributed by atoms with Crippen molar-refractivity contribution in [2.75, 3.05) is 0 Å². The van der Waals surface area contributed by atoms with E-state index in [4.69, 9.17) is 6.42 Å². The highest BCUT2D eigenvalue weighted by Gasteiger charge is 2.11. The number of hydrogen-bond donors (Lipinski definition) is 0. The molecule has 0 heterocycles. The smallest absolute Gasteiger partial charge is 0.00860 e. The quantitative estimate of drug-likeness (QED) is 0.406.